The number of anilines is 3. The van der Waals surface area contributed by atoms with Crippen molar-refractivity contribution in [2.24, 2.45) is 0 Å². The third kappa shape index (κ3) is 4.29. The normalized spacial score (nSPS) is 11.6. The van der Waals surface area contributed by atoms with Crippen LogP contribution in [0.3, 0.4) is 0 Å². The predicted octanol–water partition coefficient (Wildman–Crippen LogP) is 13.4. The Labute approximate surface area is 290 Å². The van der Waals surface area contributed by atoms with Gasteiger partial charge >= 0.3 is 0 Å². The Morgan fingerprint density at radius 2 is 0.840 bits per heavy atom. The lowest BCUT2D eigenvalue weighted by Crippen LogP contribution is -2.15. The van der Waals surface area contributed by atoms with E-state index in [0.29, 0.717) is 0 Å². The average molecular weight is 637 g/mol. The fourth-order valence-electron chi connectivity index (χ4n) is 8.06. The third-order valence-electron chi connectivity index (χ3n) is 10.1. The van der Waals surface area contributed by atoms with E-state index >= 15 is 0 Å². The van der Waals surface area contributed by atoms with Crippen LogP contribution >= 0.6 is 0 Å². The van der Waals surface area contributed by atoms with Gasteiger partial charge in [-0.3, -0.25) is 0 Å². The third-order valence-corrected chi connectivity index (χ3v) is 10.1. The van der Waals surface area contributed by atoms with Gasteiger partial charge in [0.15, 0.2) is 0 Å². The molecular weight excluding hydrogens is 605 g/mol. The first-order valence-corrected chi connectivity index (χ1v) is 17.2. The van der Waals surface area contributed by atoms with Gasteiger partial charge in [0, 0.05) is 27.4 Å². The van der Waals surface area contributed by atoms with Crippen LogP contribution in [0, 0.1) is 0 Å². The Kier molecular flexibility index (Phi) is 6.53. The number of rotatable bonds is 5. The lowest BCUT2D eigenvalue weighted by atomic mass is 9.88. The van der Waals surface area contributed by atoms with Gasteiger partial charge in [0.1, 0.15) is 0 Å². The Bertz CT molecular complexity index is 2820. The average Bonchev–Trinajstić information content (AvgIpc) is 3.53. The highest BCUT2D eigenvalue weighted by atomic mass is 15.2. The molecule has 0 spiro atoms. The summed E-state index contributed by atoms with van der Waals surface area (Å²) in [6, 6.07) is 70.6. The van der Waals surface area contributed by atoms with E-state index in [1.807, 2.05) is 0 Å². The number of hydrogen-bond donors (Lipinski definition) is 0. The summed E-state index contributed by atoms with van der Waals surface area (Å²) in [6.07, 6.45) is 0. The van der Waals surface area contributed by atoms with Crippen LogP contribution < -0.4 is 4.90 Å². The van der Waals surface area contributed by atoms with Crippen LogP contribution in [0.2, 0.25) is 0 Å². The summed E-state index contributed by atoms with van der Waals surface area (Å²) >= 11 is 0. The quantitative estimate of drug-likeness (QED) is 0.171. The van der Waals surface area contributed by atoms with E-state index in [-0.39, 0.29) is 0 Å². The fourth-order valence-corrected chi connectivity index (χ4v) is 8.06. The van der Waals surface area contributed by atoms with E-state index < -0.39 is 0 Å². The molecule has 0 saturated carbocycles. The number of benzene rings is 9. The summed E-state index contributed by atoms with van der Waals surface area (Å²) < 4.78 is 2.44. The second-order valence-corrected chi connectivity index (χ2v) is 12.9. The molecule has 0 aliphatic rings. The molecule has 0 N–H and O–H groups in total. The van der Waals surface area contributed by atoms with Crippen molar-refractivity contribution in [1.82, 2.24) is 4.57 Å². The van der Waals surface area contributed by atoms with E-state index in [0.717, 1.165) is 22.7 Å². The van der Waals surface area contributed by atoms with Gasteiger partial charge in [-0.15, -0.1) is 0 Å². The van der Waals surface area contributed by atoms with Crippen molar-refractivity contribution >= 4 is 71.2 Å². The SMILES string of the molecule is c1ccc(N(c2ccccc2-n2c3ccccc3c3ccccc32)c2c(-c3cccc4ccccc34)c3ccccc3c3ccccc23)cc1. The zero-order chi connectivity index (χ0) is 33.0. The van der Waals surface area contributed by atoms with Gasteiger partial charge in [-0.25, -0.2) is 0 Å². The van der Waals surface area contributed by atoms with Crippen LogP contribution in [0.4, 0.5) is 17.1 Å². The summed E-state index contributed by atoms with van der Waals surface area (Å²) in [5.74, 6) is 0. The molecule has 0 amide bonds. The molecule has 0 atom stereocenters. The van der Waals surface area contributed by atoms with Crippen LogP contribution in [0.5, 0.6) is 0 Å². The van der Waals surface area contributed by atoms with Crippen LogP contribution in [-0.2, 0) is 0 Å². The number of para-hydroxylation sites is 5. The molecule has 0 aliphatic heterocycles. The maximum Gasteiger partial charge on any atom is 0.0702 e. The number of fused-ring (bicyclic) bond motifs is 7. The van der Waals surface area contributed by atoms with E-state index in [4.69, 9.17) is 0 Å². The largest absolute Gasteiger partial charge is 0.307 e. The molecule has 1 heterocycles. The van der Waals surface area contributed by atoms with Crippen LogP contribution in [0.15, 0.2) is 194 Å². The molecular formula is C48H32N2. The van der Waals surface area contributed by atoms with E-state index in [2.05, 4.69) is 204 Å². The predicted molar refractivity (Wildman–Crippen MR) is 213 cm³/mol. The monoisotopic (exact) mass is 636 g/mol. The van der Waals surface area contributed by atoms with E-state index in [1.54, 1.807) is 0 Å². The van der Waals surface area contributed by atoms with Gasteiger partial charge < -0.3 is 9.47 Å². The summed E-state index contributed by atoms with van der Waals surface area (Å²) in [6.45, 7) is 0. The van der Waals surface area contributed by atoms with Crippen molar-refractivity contribution in [3.8, 4) is 16.8 Å². The first-order chi connectivity index (χ1) is 24.9. The van der Waals surface area contributed by atoms with Crippen LogP contribution in [0.1, 0.15) is 0 Å². The second kappa shape index (κ2) is 11.5. The highest BCUT2D eigenvalue weighted by Crippen LogP contribution is 2.51. The fraction of sp³-hybridized carbons (Fsp3) is 0. The Morgan fingerprint density at radius 1 is 0.340 bits per heavy atom. The zero-order valence-corrected chi connectivity index (χ0v) is 27.4. The van der Waals surface area contributed by atoms with Crippen molar-refractivity contribution in [2.75, 3.05) is 4.90 Å². The minimum atomic E-state index is 1.10. The molecule has 2 nitrogen and oxygen atoms in total. The molecule has 0 aliphatic carbocycles. The van der Waals surface area contributed by atoms with Gasteiger partial charge in [0.25, 0.3) is 0 Å². The standard InChI is InChI=1S/C48H32N2/c1-2-19-34(20-3-1)49(45-31-14-15-32-46(45)50-43-29-12-10-24-38(43)39-25-11-13-30-44(39)50)48-42-27-9-7-23-37(42)36-22-6-8-26-41(36)47(48)40-28-16-18-33-17-4-5-21-35(33)40/h1-32H. The molecule has 0 fully saturated rings. The molecule has 0 unspecified atom stereocenters. The molecule has 10 aromatic rings. The second-order valence-electron chi connectivity index (χ2n) is 12.9. The molecule has 2 heteroatoms. The Hall–Kier alpha value is -6.64. The highest BCUT2D eigenvalue weighted by Gasteiger charge is 2.26. The van der Waals surface area contributed by atoms with Crippen molar-refractivity contribution in [3.63, 3.8) is 0 Å². The summed E-state index contributed by atoms with van der Waals surface area (Å²) in [7, 11) is 0. The summed E-state index contributed by atoms with van der Waals surface area (Å²) in [4.78, 5) is 2.50. The zero-order valence-electron chi connectivity index (χ0n) is 27.4. The van der Waals surface area contributed by atoms with Gasteiger partial charge in [0.05, 0.1) is 28.1 Å². The van der Waals surface area contributed by atoms with Gasteiger partial charge in [-0.05, 0) is 68.9 Å². The molecule has 0 radical (unpaired) electrons. The van der Waals surface area contributed by atoms with Crippen molar-refractivity contribution in [1.29, 1.82) is 0 Å². The van der Waals surface area contributed by atoms with E-state index in [9.17, 15) is 0 Å². The van der Waals surface area contributed by atoms with E-state index in [1.165, 1.54) is 65.3 Å². The Morgan fingerprint density at radius 3 is 1.56 bits per heavy atom. The minimum Gasteiger partial charge on any atom is -0.307 e. The molecule has 234 valence electrons. The van der Waals surface area contributed by atoms with Crippen LogP contribution in [-0.4, -0.2) is 4.57 Å². The molecule has 10 rings (SSSR count). The van der Waals surface area contributed by atoms with Gasteiger partial charge in [-0.1, -0.05) is 158 Å². The number of nitrogens with zero attached hydrogens (tertiary/aromatic N) is 2. The lowest BCUT2D eigenvalue weighted by Gasteiger charge is -2.32. The van der Waals surface area contributed by atoms with Crippen LogP contribution in [0.25, 0.3) is 70.9 Å². The van der Waals surface area contributed by atoms with Crippen molar-refractivity contribution in [2.45, 2.75) is 0 Å². The molecule has 9 aromatic carbocycles. The summed E-state index contributed by atoms with van der Waals surface area (Å²) in [5, 5.41) is 9.87. The number of aromatic nitrogens is 1. The van der Waals surface area contributed by atoms with Crippen molar-refractivity contribution < 1.29 is 0 Å². The van der Waals surface area contributed by atoms with Crippen molar-refractivity contribution in [3.05, 3.63) is 194 Å². The Balaban J connectivity index is 1.40. The molecule has 0 saturated heterocycles. The maximum absolute atomic E-state index is 2.50. The summed E-state index contributed by atoms with van der Waals surface area (Å²) in [5.41, 5.74) is 9.30. The minimum absolute atomic E-state index is 1.10. The number of hydrogen-bond acceptors (Lipinski definition) is 1. The maximum atomic E-state index is 2.50. The molecule has 1 aromatic heterocycles. The van der Waals surface area contributed by atoms with Gasteiger partial charge in [0.2, 0.25) is 0 Å². The highest BCUT2D eigenvalue weighted by molar-refractivity contribution is 6.24. The topological polar surface area (TPSA) is 8.17 Å². The smallest absolute Gasteiger partial charge is 0.0702 e. The first-order valence-electron chi connectivity index (χ1n) is 17.2. The molecule has 50 heavy (non-hydrogen) atoms. The molecule has 0 bridgehead atoms. The lowest BCUT2D eigenvalue weighted by molar-refractivity contribution is 1.15. The van der Waals surface area contributed by atoms with Gasteiger partial charge in [-0.2, -0.15) is 0 Å². The first kappa shape index (κ1) is 28.4.